The first-order valence-electron chi connectivity index (χ1n) is 12.7. The Kier molecular flexibility index (Phi) is 9.80. The molecule has 0 saturated carbocycles. The van der Waals surface area contributed by atoms with Gasteiger partial charge in [-0.2, -0.15) is 5.10 Å². The second kappa shape index (κ2) is 13.5. The molecule has 0 aromatic heterocycles. The van der Waals surface area contributed by atoms with Gasteiger partial charge in [0.2, 0.25) is 5.91 Å². The minimum absolute atomic E-state index is 0.104. The number of aliphatic hydroxyl groups excluding tert-OH is 1. The fourth-order valence-electron chi connectivity index (χ4n) is 4.33. The number of piperidine rings is 1. The number of benzene rings is 2. The maximum Gasteiger partial charge on any atom is 0.260 e. The molecule has 0 radical (unpaired) electrons. The highest BCUT2D eigenvalue weighted by Gasteiger charge is 2.24. The number of ether oxygens (including phenoxy) is 3. The zero-order valence-corrected chi connectivity index (χ0v) is 22.1. The number of nitrogens with one attached hydrogen (secondary N) is 2. The van der Waals surface area contributed by atoms with E-state index in [9.17, 15) is 14.7 Å². The minimum Gasteiger partial charge on any atom is -0.493 e. The summed E-state index contributed by atoms with van der Waals surface area (Å²) in [6, 6.07) is 12.8. The molecule has 204 valence electrons. The Morgan fingerprint density at radius 1 is 1.16 bits per heavy atom. The molecule has 2 aliphatic rings. The molecule has 1 unspecified atom stereocenters. The molecule has 0 aliphatic carbocycles. The Morgan fingerprint density at radius 2 is 1.92 bits per heavy atom. The van der Waals surface area contributed by atoms with Crippen molar-refractivity contribution in [2.45, 2.75) is 37.8 Å². The monoisotopic (exact) mass is 544 g/mol. The van der Waals surface area contributed by atoms with Crippen molar-refractivity contribution < 1.29 is 28.9 Å². The molecule has 1 saturated heterocycles. The third-order valence-corrected chi connectivity index (χ3v) is 6.81. The van der Waals surface area contributed by atoms with Gasteiger partial charge in [0.1, 0.15) is 18.5 Å². The number of para-hydroxylation sites is 2. The van der Waals surface area contributed by atoms with Crippen LogP contribution in [0.1, 0.15) is 31.2 Å². The molecular weight excluding hydrogens is 512 g/mol. The number of halogens is 1. The number of hydrogen-bond acceptors (Lipinski definition) is 8. The summed E-state index contributed by atoms with van der Waals surface area (Å²) in [5.74, 6) is 1.43. The average Bonchev–Trinajstić information content (AvgIpc) is 2.95. The van der Waals surface area contributed by atoms with Crippen molar-refractivity contribution in [1.29, 1.82) is 0 Å². The Bertz CT molecular complexity index is 1150. The summed E-state index contributed by atoms with van der Waals surface area (Å²) < 4.78 is 16.6. The lowest BCUT2D eigenvalue weighted by molar-refractivity contribution is -0.134. The van der Waals surface area contributed by atoms with Crippen LogP contribution in [0.2, 0.25) is 5.02 Å². The third kappa shape index (κ3) is 7.59. The van der Waals surface area contributed by atoms with E-state index in [1.807, 2.05) is 18.2 Å². The number of carbonyl (C=O) groups excluding carboxylic acids is 2. The molecular formula is C27H33ClN4O6. The normalized spacial score (nSPS) is 16.9. The second-order valence-corrected chi connectivity index (χ2v) is 9.61. The largest absolute Gasteiger partial charge is 0.493 e. The van der Waals surface area contributed by atoms with Crippen LogP contribution >= 0.6 is 11.6 Å². The minimum atomic E-state index is -0.673. The van der Waals surface area contributed by atoms with Crippen LogP contribution in [-0.2, 0) is 9.59 Å². The van der Waals surface area contributed by atoms with Crippen molar-refractivity contribution in [2.24, 2.45) is 5.10 Å². The van der Waals surface area contributed by atoms with Gasteiger partial charge in [-0.1, -0.05) is 23.7 Å². The summed E-state index contributed by atoms with van der Waals surface area (Å²) in [5.41, 5.74) is 4.03. The SMILES string of the molecule is COc1ccccc1OCC(O)CNC1CCN(C(=O)COc2ccc(C3=NNC(=O)CC3)cc2Cl)CC1. The number of likely N-dealkylation sites (tertiary alicyclic amines) is 1. The molecule has 2 aromatic rings. The Labute approximate surface area is 226 Å². The first kappa shape index (κ1) is 27.7. The van der Waals surface area contributed by atoms with Gasteiger partial charge in [0.25, 0.3) is 5.91 Å². The van der Waals surface area contributed by atoms with Crippen LogP contribution in [0, 0.1) is 0 Å². The van der Waals surface area contributed by atoms with E-state index in [2.05, 4.69) is 15.8 Å². The Balaban J connectivity index is 1.15. The molecule has 0 spiro atoms. The first-order chi connectivity index (χ1) is 18.4. The molecule has 2 amide bonds. The van der Waals surface area contributed by atoms with Gasteiger partial charge in [-0.3, -0.25) is 9.59 Å². The van der Waals surface area contributed by atoms with E-state index in [0.29, 0.717) is 54.7 Å². The van der Waals surface area contributed by atoms with E-state index in [0.717, 1.165) is 24.1 Å². The zero-order valence-electron chi connectivity index (χ0n) is 21.3. The van der Waals surface area contributed by atoms with Crippen molar-refractivity contribution in [3.63, 3.8) is 0 Å². The standard InChI is InChI=1S/C27H33ClN4O6/c1-36-24-4-2-3-5-25(24)37-16-20(33)15-29-19-10-12-32(13-11-19)27(35)17-38-23-8-6-18(14-21(23)28)22-7-9-26(34)31-30-22/h2-6,8,14,19-20,29,33H,7,9-13,15-17H2,1H3,(H,31,34). The number of carbonyl (C=O) groups is 2. The summed E-state index contributed by atoms with van der Waals surface area (Å²) in [6.07, 6.45) is 1.81. The lowest BCUT2D eigenvalue weighted by Crippen LogP contribution is -2.48. The highest BCUT2D eigenvalue weighted by molar-refractivity contribution is 6.32. The number of hydrazone groups is 1. The van der Waals surface area contributed by atoms with Gasteiger partial charge < -0.3 is 29.5 Å². The Morgan fingerprint density at radius 3 is 2.61 bits per heavy atom. The molecule has 0 bridgehead atoms. The fourth-order valence-corrected chi connectivity index (χ4v) is 4.56. The maximum atomic E-state index is 12.7. The van der Waals surface area contributed by atoms with Gasteiger partial charge >= 0.3 is 0 Å². The van der Waals surface area contributed by atoms with Gasteiger partial charge in [-0.15, -0.1) is 0 Å². The van der Waals surface area contributed by atoms with Crippen LogP contribution in [0.3, 0.4) is 0 Å². The molecule has 4 rings (SSSR count). The maximum absolute atomic E-state index is 12.7. The van der Waals surface area contributed by atoms with E-state index in [-0.39, 0.29) is 31.1 Å². The van der Waals surface area contributed by atoms with Crippen molar-refractivity contribution >= 4 is 29.1 Å². The topological polar surface area (TPSA) is 122 Å². The van der Waals surface area contributed by atoms with Crippen molar-refractivity contribution in [2.75, 3.05) is 40.0 Å². The number of rotatable bonds is 11. The summed E-state index contributed by atoms with van der Waals surface area (Å²) in [6.45, 7) is 1.64. The quantitative estimate of drug-likeness (QED) is 0.397. The lowest BCUT2D eigenvalue weighted by atomic mass is 10.0. The number of amides is 2. The summed E-state index contributed by atoms with van der Waals surface area (Å²) in [4.78, 5) is 25.7. The van der Waals surface area contributed by atoms with Crippen LogP contribution in [0.4, 0.5) is 0 Å². The average molecular weight is 545 g/mol. The number of methoxy groups -OCH3 is 1. The molecule has 38 heavy (non-hydrogen) atoms. The van der Waals surface area contributed by atoms with E-state index in [1.165, 1.54) is 0 Å². The predicted octanol–water partition coefficient (Wildman–Crippen LogP) is 2.36. The number of nitrogens with zero attached hydrogens (tertiary/aromatic N) is 2. The zero-order chi connectivity index (χ0) is 26.9. The first-order valence-corrected chi connectivity index (χ1v) is 13.0. The summed E-state index contributed by atoms with van der Waals surface area (Å²) in [7, 11) is 1.58. The highest BCUT2D eigenvalue weighted by Crippen LogP contribution is 2.27. The van der Waals surface area contributed by atoms with Gasteiger partial charge in [0.05, 0.1) is 17.8 Å². The fraction of sp³-hybridized carbons (Fsp3) is 0.444. The molecule has 1 fully saturated rings. The molecule has 3 N–H and O–H groups in total. The van der Waals surface area contributed by atoms with Crippen molar-refractivity contribution in [1.82, 2.24) is 15.6 Å². The van der Waals surface area contributed by atoms with E-state index in [4.69, 9.17) is 25.8 Å². The smallest absolute Gasteiger partial charge is 0.260 e. The Hall–Kier alpha value is -3.34. The summed E-state index contributed by atoms with van der Waals surface area (Å²) in [5, 5.41) is 18.1. The second-order valence-electron chi connectivity index (χ2n) is 9.21. The van der Waals surface area contributed by atoms with Crippen LogP contribution in [0.15, 0.2) is 47.6 Å². The lowest BCUT2D eigenvalue weighted by Gasteiger charge is -2.33. The molecule has 2 aliphatic heterocycles. The predicted molar refractivity (Wildman–Crippen MR) is 143 cm³/mol. The number of hydrogen-bond donors (Lipinski definition) is 3. The molecule has 10 nitrogen and oxygen atoms in total. The van der Waals surface area contributed by atoms with E-state index < -0.39 is 6.10 Å². The van der Waals surface area contributed by atoms with Gasteiger partial charge in [0.15, 0.2) is 18.1 Å². The van der Waals surface area contributed by atoms with Crippen LogP contribution in [-0.4, -0.2) is 79.6 Å². The van der Waals surface area contributed by atoms with E-state index in [1.54, 1.807) is 36.3 Å². The van der Waals surface area contributed by atoms with Gasteiger partial charge in [0, 0.05) is 38.5 Å². The molecule has 2 heterocycles. The van der Waals surface area contributed by atoms with Crippen molar-refractivity contribution in [3.05, 3.63) is 53.1 Å². The summed E-state index contributed by atoms with van der Waals surface area (Å²) >= 11 is 6.36. The molecule has 11 heteroatoms. The number of aliphatic hydroxyl groups is 1. The van der Waals surface area contributed by atoms with Crippen LogP contribution < -0.4 is 25.0 Å². The molecule has 1 atom stereocenters. The molecule has 2 aromatic carbocycles. The van der Waals surface area contributed by atoms with Crippen LogP contribution in [0.25, 0.3) is 0 Å². The van der Waals surface area contributed by atoms with Gasteiger partial charge in [-0.05, 0) is 48.7 Å². The van der Waals surface area contributed by atoms with Crippen LogP contribution in [0.5, 0.6) is 17.2 Å². The highest BCUT2D eigenvalue weighted by atomic mass is 35.5. The van der Waals surface area contributed by atoms with Crippen molar-refractivity contribution in [3.8, 4) is 17.2 Å². The van der Waals surface area contributed by atoms with E-state index >= 15 is 0 Å². The van der Waals surface area contributed by atoms with Gasteiger partial charge in [-0.25, -0.2) is 5.43 Å². The third-order valence-electron chi connectivity index (χ3n) is 6.51.